The first-order valence-electron chi connectivity index (χ1n) is 6.09. The van der Waals surface area contributed by atoms with Gasteiger partial charge in [-0.3, -0.25) is 0 Å². The van der Waals surface area contributed by atoms with Crippen molar-refractivity contribution in [2.75, 3.05) is 26.8 Å². The van der Waals surface area contributed by atoms with E-state index >= 15 is 0 Å². The van der Waals surface area contributed by atoms with Crippen molar-refractivity contribution in [3.05, 3.63) is 29.3 Å². The largest absolute Gasteiger partial charge is 0.507 e. The summed E-state index contributed by atoms with van der Waals surface area (Å²) in [5.41, 5.74) is 1.19. The fourth-order valence-electron chi connectivity index (χ4n) is 2.00. The average molecular weight is 253 g/mol. The van der Waals surface area contributed by atoms with Gasteiger partial charge in [-0.1, -0.05) is 25.1 Å². The van der Waals surface area contributed by atoms with E-state index < -0.39 is 5.41 Å². The first-order valence-corrected chi connectivity index (χ1v) is 6.09. The quantitative estimate of drug-likeness (QED) is 0.711. The number of rotatable bonds is 6. The van der Waals surface area contributed by atoms with Gasteiger partial charge in [0.25, 0.3) is 0 Å². The zero-order valence-corrected chi connectivity index (χ0v) is 11.3. The molecule has 0 aliphatic carbocycles. The van der Waals surface area contributed by atoms with E-state index in [4.69, 9.17) is 0 Å². The summed E-state index contributed by atoms with van der Waals surface area (Å²) in [5, 5.41) is 28.5. The highest BCUT2D eigenvalue weighted by molar-refractivity contribution is 5.39. The molecule has 0 radical (unpaired) electrons. The molecule has 4 nitrogen and oxygen atoms in total. The number of aromatic hydroxyl groups is 1. The molecule has 0 aromatic heterocycles. The van der Waals surface area contributed by atoms with Crippen LogP contribution in [0.2, 0.25) is 0 Å². The molecule has 1 aromatic rings. The highest BCUT2D eigenvalue weighted by atomic mass is 16.3. The molecular weight excluding hydrogens is 230 g/mol. The lowest BCUT2D eigenvalue weighted by atomic mass is 9.92. The third-order valence-corrected chi connectivity index (χ3v) is 3.18. The van der Waals surface area contributed by atoms with Crippen LogP contribution in [0.15, 0.2) is 18.2 Å². The number of benzene rings is 1. The average Bonchev–Trinajstić information content (AvgIpc) is 2.34. The van der Waals surface area contributed by atoms with Crippen molar-refractivity contribution >= 4 is 0 Å². The van der Waals surface area contributed by atoms with Gasteiger partial charge >= 0.3 is 0 Å². The molecule has 0 atom stereocenters. The molecule has 0 aliphatic rings. The summed E-state index contributed by atoms with van der Waals surface area (Å²) in [6.45, 7) is 4.72. The van der Waals surface area contributed by atoms with Gasteiger partial charge in [0.05, 0.1) is 13.2 Å². The number of hydrogen-bond donors (Lipinski definition) is 3. The summed E-state index contributed by atoms with van der Waals surface area (Å²) in [5.74, 6) is 0.319. The molecule has 0 amide bonds. The van der Waals surface area contributed by atoms with E-state index in [1.807, 2.05) is 44.0 Å². The summed E-state index contributed by atoms with van der Waals surface area (Å²) in [4.78, 5) is 1.99. The second-order valence-corrected chi connectivity index (χ2v) is 5.38. The first kappa shape index (κ1) is 15.0. The molecular formula is C14H23NO3. The molecule has 3 N–H and O–H groups in total. The summed E-state index contributed by atoms with van der Waals surface area (Å²) in [6, 6.07) is 5.66. The number of aliphatic hydroxyl groups excluding tert-OH is 2. The van der Waals surface area contributed by atoms with Crippen molar-refractivity contribution in [1.29, 1.82) is 0 Å². The predicted octanol–water partition coefficient (Wildman–Crippen LogP) is 1.12. The Morgan fingerprint density at radius 3 is 2.39 bits per heavy atom. The molecule has 0 saturated carbocycles. The van der Waals surface area contributed by atoms with E-state index in [2.05, 4.69) is 0 Å². The van der Waals surface area contributed by atoms with Gasteiger partial charge < -0.3 is 20.2 Å². The lowest BCUT2D eigenvalue weighted by molar-refractivity contribution is 0.0400. The smallest absolute Gasteiger partial charge is 0.122 e. The highest BCUT2D eigenvalue weighted by Gasteiger charge is 2.24. The minimum Gasteiger partial charge on any atom is -0.507 e. The van der Waals surface area contributed by atoms with E-state index in [0.717, 1.165) is 11.1 Å². The van der Waals surface area contributed by atoms with Gasteiger partial charge in [-0.15, -0.1) is 0 Å². The Hall–Kier alpha value is -1.10. The Morgan fingerprint density at radius 1 is 1.22 bits per heavy atom. The van der Waals surface area contributed by atoms with Gasteiger partial charge in [0.1, 0.15) is 5.75 Å². The molecule has 0 unspecified atom stereocenters. The maximum absolute atomic E-state index is 9.93. The van der Waals surface area contributed by atoms with Crippen molar-refractivity contribution in [2.45, 2.75) is 20.4 Å². The number of phenolic OH excluding ortho intramolecular Hbond substituents is 1. The molecule has 0 heterocycles. The Kier molecular flexibility index (Phi) is 5.14. The zero-order valence-electron chi connectivity index (χ0n) is 11.3. The Balaban J connectivity index is 2.70. The van der Waals surface area contributed by atoms with Crippen molar-refractivity contribution in [3.63, 3.8) is 0 Å². The van der Waals surface area contributed by atoms with E-state index in [0.29, 0.717) is 18.8 Å². The van der Waals surface area contributed by atoms with Crippen LogP contribution >= 0.6 is 0 Å². The standard InChI is InChI=1S/C14H23NO3/c1-11-5-4-6-12(13(11)18)7-15(3)8-14(2,9-16)10-17/h4-6,16-18H,7-10H2,1-3H3. The van der Waals surface area contributed by atoms with Crippen LogP contribution < -0.4 is 0 Å². The molecule has 4 heteroatoms. The summed E-state index contributed by atoms with van der Waals surface area (Å²) < 4.78 is 0. The minimum absolute atomic E-state index is 0.0619. The summed E-state index contributed by atoms with van der Waals surface area (Å²) in [6.07, 6.45) is 0. The van der Waals surface area contributed by atoms with Crippen LogP contribution in [0.1, 0.15) is 18.1 Å². The van der Waals surface area contributed by atoms with Crippen LogP contribution in [0, 0.1) is 12.3 Å². The molecule has 1 aromatic carbocycles. The van der Waals surface area contributed by atoms with Gasteiger partial charge in [-0.05, 0) is 19.5 Å². The number of aryl methyl sites for hydroxylation is 1. The third kappa shape index (κ3) is 3.70. The van der Waals surface area contributed by atoms with Gasteiger partial charge in [-0.2, -0.15) is 0 Å². The number of phenols is 1. The second-order valence-electron chi connectivity index (χ2n) is 5.38. The fourth-order valence-corrected chi connectivity index (χ4v) is 2.00. The topological polar surface area (TPSA) is 63.9 Å². The Morgan fingerprint density at radius 2 is 1.83 bits per heavy atom. The number of para-hydroxylation sites is 1. The van der Waals surface area contributed by atoms with Crippen LogP contribution in [0.3, 0.4) is 0 Å². The maximum Gasteiger partial charge on any atom is 0.122 e. The van der Waals surface area contributed by atoms with Crippen molar-refractivity contribution in [3.8, 4) is 5.75 Å². The predicted molar refractivity (Wildman–Crippen MR) is 71.5 cm³/mol. The van der Waals surface area contributed by atoms with Crippen molar-refractivity contribution in [2.24, 2.45) is 5.41 Å². The maximum atomic E-state index is 9.93. The van der Waals surface area contributed by atoms with Crippen molar-refractivity contribution in [1.82, 2.24) is 4.90 Å². The molecule has 0 saturated heterocycles. The van der Waals surface area contributed by atoms with Crippen LogP contribution in [-0.2, 0) is 6.54 Å². The van der Waals surface area contributed by atoms with Crippen LogP contribution in [0.5, 0.6) is 5.75 Å². The lowest BCUT2D eigenvalue weighted by Crippen LogP contribution is -2.38. The summed E-state index contributed by atoms with van der Waals surface area (Å²) in [7, 11) is 1.91. The molecule has 0 bridgehead atoms. The zero-order chi connectivity index (χ0) is 13.8. The monoisotopic (exact) mass is 253 g/mol. The highest BCUT2D eigenvalue weighted by Crippen LogP contribution is 2.24. The van der Waals surface area contributed by atoms with Crippen molar-refractivity contribution < 1.29 is 15.3 Å². The summed E-state index contributed by atoms with van der Waals surface area (Å²) >= 11 is 0. The van der Waals surface area contributed by atoms with Gasteiger partial charge in [0.2, 0.25) is 0 Å². The normalized spacial score (nSPS) is 12.1. The Labute approximate surface area is 108 Å². The second kappa shape index (κ2) is 6.18. The van der Waals surface area contributed by atoms with E-state index in [9.17, 15) is 15.3 Å². The van der Waals surface area contributed by atoms with Gasteiger partial charge in [0.15, 0.2) is 0 Å². The first-order chi connectivity index (χ1) is 8.41. The SMILES string of the molecule is Cc1cccc(CN(C)CC(C)(CO)CO)c1O. The van der Waals surface area contributed by atoms with E-state index in [-0.39, 0.29) is 13.2 Å². The molecule has 0 aliphatic heterocycles. The number of aliphatic hydroxyl groups is 2. The van der Waals surface area contributed by atoms with E-state index in [1.54, 1.807) is 0 Å². The van der Waals surface area contributed by atoms with Crippen LogP contribution in [0.25, 0.3) is 0 Å². The molecule has 18 heavy (non-hydrogen) atoms. The third-order valence-electron chi connectivity index (χ3n) is 3.18. The molecule has 0 fully saturated rings. The number of hydrogen-bond acceptors (Lipinski definition) is 4. The van der Waals surface area contributed by atoms with Gasteiger partial charge in [0, 0.05) is 24.1 Å². The lowest BCUT2D eigenvalue weighted by Gasteiger charge is -2.30. The van der Waals surface area contributed by atoms with Gasteiger partial charge in [-0.25, -0.2) is 0 Å². The van der Waals surface area contributed by atoms with Crippen LogP contribution in [-0.4, -0.2) is 47.0 Å². The van der Waals surface area contributed by atoms with E-state index in [1.165, 1.54) is 0 Å². The number of nitrogens with zero attached hydrogens (tertiary/aromatic N) is 1. The Bertz CT molecular complexity index is 389. The minimum atomic E-state index is -0.520. The fraction of sp³-hybridized carbons (Fsp3) is 0.571. The molecule has 1 rings (SSSR count). The molecule has 102 valence electrons. The van der Waals surface area contributed by atoms with Crippen LogP contribution in [0.4, 0.5) is 0 Å². The molecule has 0 spiro atoms.